The van der Waals surface area contributed by atoms with Crippen LogP contribution in [-0.2, 0) is 45.4 Å². The van der Waals surface area contributed by atoms with Gasteiger partial charge < -0.3 is 24.1 Å². The van der Waals surface area contributed by atoms with E-state index in [1.165, 1.54) is 0 Å². The first kappa shape index (κ1) is 30.1. The van der Waals surface area contributed by atoms with Crippen LogP contribution in [0.4, 0.5) is 0 Å². The fourth-order valence-electron chi connectivity index (χ4n) is 4.47. The second-order valence-corrected chi connectivity index (χ2v) is 9.76. The highest BCUT2D eigenvalue weighted by Crippen LogP contribution is 2.23. The zero-order chi connectivity index (χ0) is 28.5. The molecular formula is C35H37NO5. The molecule has 4 rings (SSSR count). The Balaban J connectivity index is 1.55. The lowest BCUT2D eigenvalue weighted by atomic mass is 10.00. The van der Waals surface area contributed by atoms with Crippen LogP contribution in [0.3, 0.4) is 0 Å². The summed E-state index contributed by atoms with van der Waals surface area (Å²) in [7, 11) is 0. The monoisotopic (exact) mass is 551 g/mol. The van der Waals surface area contributed by atoms with Crippen molar-refractivity contribution in [3.05, 3.63) is 144 Å². The molecule has 0 radical (unpaired) electrons. The Labute approximate surface area is 242 Å². The molecule has 41 heavy (non-hydrogen) atoms. The van der Waals surface area contributed by atoms with E-state index in [-0.39, 0.29) is 13.2 Å². The minimum atomic E-state index is -1.42. The zero-order valence-electron chi connectivity index (χ0n) is 23.1. The van der Waals surface area contributed by atoms with Crippen molar-refractivity contribution in [1.29, 1.82) is 5.26 Å². The molecule has 6 heteroatoms. The molecule has 0 heterocycles. The van der Waals surface area contributed by atoms with E-state index in [2.05, 4.69) is 0 Å². The second-order valence-electron chi connectivity index (χ2n) is 9.76. The van der Waals surface area contributed by atoms with E-state index in [4.69, 9.17) is 18.9 Å². The highest BCUT2D eigenvalue weighted by molar-refractivity contribution is 5.16. The maximum Gasteiger partial charge on any atom is 0.169 e. The van der Waals surface area contributed by atoms with Gasteiger partial charge in [-0.05, 0) is 28.7 Å². The van der Waals surface area contributed by atoms with Crippen LogP contribution in [0.5, 0.6) is 0 Å². The minimum absolute atomic E-state index is 0.214. The van der Waals surface area contributed by atoms with Crippen molar-refractivity contribution < 1.29 is 24.1 Å². The number of aliphatic hydroxyl groups excluding tert-OH is 1. The molecule has 0 aliphatic carbocycles. The summed E-state index contributed by atoms with van der Waals surface area (Å²) >= 11 is 0. The van der Waals surface area contributed by atoms with Crippen molar-refractivity contribution in [2.45, 2.75) is 57.3 Å². The van der Waals surface area contributed by atoms with Crippen LogP contribution in [-0.4, -0.2) is 36.1 Å². The molecule has 1 N–H and O–H groups in total. The van der Waals surface area contributed by atoms with Crippen LogP contribution in [0.2, 0.25) is 0 Å². The smallest absolute Gasteiger partial charge is 0.169 e. The highest BCUT2D eigenvalue weighted by Gasteiger charge is 2.37. The summed E-state index contributed by atoms with van der Waals surface area (Å²) in [5, 5.41) is 20.6. The fourth-order valence-corrected chi connectivity index (χ4v) is 4.47. The fraction of sp³-hybridized carbons (Fsp3) is 0.286. The lowest BCUT2D eigenvalue weighted by molar-refractivity contribution is -0.175. The van der Waals surface area contributed by atoms with Gasteiger partial charge in [-0.1, -0.05) is 121 Å². The number of rotatable bonds is 17. The van der Waals surface area contributed by atoms with Crippen LogP contribution in [0, 0.1) is 11.3 Å². The summed E-state index contributed by atoms with van der Waals surface area (Å²) in [5.74, 6) is 0. The van der Waals surface area contributed by atoms with Gasteiger partial charge in [-0.25, -0.2) is 0 Å². The first-order valence-electron chi connectivity index (χ1n) is 13.9. The highest BCUT2D eigenvalue weighted by atomic mass is 16.6. The molecule has 6 nitrogen and oxygen atoms in total. The Kier molecular flexibility index (Phi) is 12.6. The van der Waals surface area contributed by atoms with Crippen molar-refractivity contribution in [3.63, 3.8) is 0 Å². The van der Waals surface area contributed by atoms with Gasteiger partial charge in [0, 0.05) is 6.61 Å². The average molecular weight is 552 g/mol. The van der Waals surface area contributed by atoms with Gasteiger partial charge in [0.25, 0.3) is 0 Å². The van der Waals surface area contributed by atoms with Crippen molar-refractivity contribution >= 4 is 0 Å². The molecule has 0 aliphatic heterocycles. The lowest BCUT2D eigenvalue weighted by Gasteiger charge is -2.34. The number of hydrogen-bond donors (Lipinski definition) is 1. The maximum atomic E-state index is 10.9. The van der Waals surface area contributed by atoms with E-state index >= 15 is 0 Å². The Morgan fingerprint density at radius 2 is 0.927 bits per heavy atom. The number of benzene rings is 4. The van der Waals surface area contributed by atoms with E-state index in [1.54, 1.807) is 0 Å². The molecule has 0 aromatic heterocycles. The molecule has 0 saturated heterocycles. The molecule has 4 atom stereocenters. The van der Waals surface area contributed by atoms with Crippen LogP contribution in [0.15, 0.2) is 121 Å². The van der Waals surface area contributed by atoms with Gasteiger partial charge in [0.05, 0.1) is 38.6 Å². The van der Waals surface area contributed by atoms with E-state index in [9.17, 15) is 10.4 Å². The van der Waals surface area contributed by atoms with Crippen LogP contribution in [0.25, 0.3) is 0 Å². The third kappa shape index (κ3) is 10.3. The Morgan fingerprint density at radius 1 is 0.537 bits per heavy atom. The van der Waals surface area contributed by atoms with E-state index in [0.29, 0.717) is 26.2 Å². The van der Waals surface area contributed by atoms with E-state index in [0.717, 1.165) is 22.3 Å². The average Bonchev–Trinajstić information content (AvgIpc) is 3.04. The SMILES string of the molecule is N#CC(O)C(OCc1ccccc1)C(OCc1ccccc1)C(CCOCc1ccccc1)OCc1ccccc1. The number of hydrogen-bond acceptors (Lipinski definition) is 6. The van der Waals surface area contributed by atoms with Crippen molar-refractivity contribution in [2.75, 3.05) is 6.61 Å². The van der Waals surface area contributed by atoms with Crippen molar-refractivity contribution in [3.8, 4) is 6.07 Å². The number of nitriles is 1. The third-order valence-electron chi connectivity index (χ3n) is 6.67. The summed E-state index contributed by atoms with van der Waals surface area (Å²) in [5.41, 5.74) is 3.98. The molecule has 0 fully saturated rings. The summed E-state index contributed by atoms with van der Waals surface area (Å²) in [4.78, 5) is 0. The number of aliphatic hydroxyl groups is 1. The quantitative estimate of drug-likeness (QED) is 0.124. The molecule has 0 bridgehead atoms. The molecule has 4 aromatic rings. The molecule has 0 spiro atoms. The molecule has 212 valence electrons. The summed E-state index contributed by atoms with van der Waals surface area (Å²) < 4.78 is 25.1. The van der Waals surface area contributed by atoms with Gasteiger partial charge in [-0.2, -0.15) is 5.26 Å². The van der Waals surface area contributed by atoms with Gasteiger partial charge >= 0.3 is 0 Å². The Morgan fingerprint density at radius 3 is 1.37 bits per heavy atom. The number of ether oxygens (including phenoxy) is 4. The lowest BCUT2D eigenvalue weighted by Crippen LogP contribution is -2.48. The molecule has 4 unspecified atom stereocenters. The summed E-state index contributed by atoms with van der Waals surface area (Å²) in [6.45, 7) is 1.68. The molecule has 0 aliphatic rings. The van der Waals surface area contributed by atoms with Crippen molar-refractivity contribution in [2.24, 2.45) is 0 Å². The minimum Gasteiger partial charge on any atom is -0.377 e. The predicted molar refractivity (Wildman–Crippen MR) is 157 cm³/mol. The molecular weight excluding hydrogens is 514 g/mol. The van der Waals surface area contributed by atoms with Crippen LogP contribution in [0.1, 0.15) is 28.7 Å². The molecule has 0 amide bonds. The van der Waals surface area contributed by atoms with Gasteiger partial charge in [0.1, 0.15) is 12.2 Å². The van der Waals surface area contributed by atoms with Crippen LogP contribution >= 0.6 is 0 Å². The Bertz CT molecular complexity index is 1280. The normalized spacial score (nSPS) is 14.0. The largest absolute Gasteiger partial charge is 0.377 e. The first-order chi connectivity index (χ1) is 20.2. The van der Waals surface area contributed by atoms with E-state index in [1.807, 2.05) is 127 Å². The van der Waals surface area contributed by atoms with Crippen LogP contribution < -0.4 is 0 Å². The van der Waals surface area contributed by atoms with Crippen molar-refractivity contribution in [1.82, 2.24) is 0 Å². The number of nitrogens with zero attached hydrogens (tertiary/aromatic N) is 1. The second kappa shape index (κ2) is 17.1. The third-order valence-corrected chi connectivity index (χ3v) is 6.67. The predicted octanol–water partition coefficient (Wildman–Crippen LogP) is 6.23. The van der Waals surface area contributed by atoms with Gasteiger partial charge in [-0.3, -0.25) is 0 Å². The van der Waals surface area contributed by atoms with Gasteiger partial charge in [0.15, 0.2) is 6.10 Å². The van der Waals surface area contributed by atoms with Gasteiger partial charge in [0.2, 0.25) is 0 Å². The maximum absolute atomic E-state index is 10.9. The topological polar surface area (TPSA) is 80.9 Å². The molecule has 4 aromatic carbocycles. The zero-order valence-corrected chi connectivity index (χ0v) is 23.1. The summed E-state index contributed by atoms with van der Waals surface area (Å²) in [6, 6.07) is 41.3. The standard InChI is InChI=1S/C35H37NO5/c36-23-32(37)34(40-26-30-17-9-3-10-18-30)35(41-27-31-19-11-4-12-20-31)33(39-25-29-15-7-2-8-16-29)21-22-38-24-28-13-5-1-6-14-28/h1-20,32-35,37H,21-22,24-27H2. The first-order valence-corrected chi connectivity index (χ1v) is 13.9. The van der Waals surface area contributed by atoms with E-state index < -0.39 is 24.4 Å². The van der Waals surface area contributed by atoms with Gasteiger partial charge in [-0.15, -0.1) is 0 Å². The summed E-state index contributed by atoms with van der Waals surface area (Å²) in [6.07, 6.45) is -3.19. The molecule has 0 saturated carbocycles. The Hall–Kier alpha value is -3.83.